The third kappa shape index (κ3) is 6.07. The third-order valence-electron chi connectivity index (χ3n) is 6.06. The second-order valence-electron chi connectivity index (χ2n) is 8.54. The Hall–Kier alpha value is -2.00. The predicted octanol–water partition coefficient (Wildman–Crippen LogP) is 3.74. The number of benzene rings is 1. The van der Waals surface area contributed by atoms with Crippen LogP contribution in [0.25, 0.3) is 0 Å². The highest BCUT2D eigenvalue weighted by Crippen LogP contribution is 2.35. The average molecular weight is 466 g/mol. The van der Waals surface area contributed by atoms with Crippen LogP contribution < -0.4 is 15.8 Å². The molecule has 1 aromatic carbocycles. The highest BCUT2D eigenvalue weighted by molar-refractivity contribution is 6.32. The van der Waals surface area contributed by atoms with Gasteiger partial charge in [-0.3, -0.25) is 0 Å². The van der Waals surface area contributed by atoms with Gasteiger partial charge in [0, 0.05) is 5.71 Å². The van der Waals surface area contributed by atoms with Gasteiger partial charge in [-0.15, -0.1) is 0 Å². The lowest BCUT2D eigenvalue weighted by atomic mass is 9.85. The Morgan fingerprint density at radius 1 is 1.34 bits per heavy atom. The number of ether oxygens (including phenoxy) is 2. The van der Waals surface area contributed by atoms with E-state index in [4.69, 9.17) is 26.8 Å². The first-order valence-corrected chi connectivity index (χ1v) is 11.6. The van der Waals surface area contributed by atoms with E-state index in [9.17, 15) is 14.7 Å². The fraction of sp³-hybridized carbons (Fsp3) is 0.609. The molecular weight excluding hydrogens is 434 g/mol. The van der Waals surface area contributed by atoms with E-state index in [0.29, 0.717) is 30.2 Å². The molecule has 8 nitrogen and oxygen atoms in total. The molecule has 3 rings (SSSR count). The van der Waals surface area contributed by atoms with Gasteiger partial charge in [-0.1, -0.05) is 43.9 Å². The summed E-state index contributed by atoms with van der Waals surface area (Å²) in [4.78, 5) is 28.1. The maximum Gasteiger partial charge on any atom is 0.341 e. The van der Waals surface area contributed by atoms with Crippen LogP contribution in [0, 0.1) is 11.8 Å². The number of hydrogen-bond donors (Lipinski definition) is 3. The number of aliphatic hydroxyl groups is 1. The molecule has 2 amide bonds. The van der Waals surface area contributed by atoms with Crippen LogP contribution in [0.5, 0.6) is 5.75 Å². The van der Waals surface area contributed by atoms with Crippen molar-refractivity contribution >= 4 is 29.3 Å². The van der Waals surface area contributed by atoms with Gasteiger partial charge in [0.15, 0.2) is 6.29 Å². The lowest BCUT2D eigenvalue weighted by molar-refractivity contribution is -0.136. The minimum atomic E-state index is -1.13. The Morgan fingerprint density at radius 3 is 2.69 bits per heavy atom. The van der Waals surface area contributed by atoms with Crippen molar-refractivity contribution in [3.63, 3.8) is 0 Å². The molecule has 176 valence electrons. The summed E-state index contributed by atoms with van der Waals surface area (Å²) in [7, 11) is 0. The molecule has 9 heteroatoms. The number of nitrogens with one attached hydrogen (secondary N) is 1. The van der Waals surface area contributed by atoms with Crippen molar-refractivity contribution in [1.82, 2.24) is 5.32 Å². The topological polar surface area (TPSA) is 123 Å². The average Bonchev–Trinajstić information content (AvgIpc) is 2.78. The number of urea groups is 1. The number of nitrogens with two attached hydrogens (primary N) is 1. The summed E-state index contributed by atoms with van der Waals surface area (Å²) in [6, 6.07) is 2.99. The summed E-state index contributed by atoms with van der Waals surface area (Å²) in [6.45, 7) is 3.88. The zero-order chi connectivity index (χ0) is 23.3. The Labute approximate surface area is 193 Å². The Kier molecular flexibility index (Phi) is 8.64. The van der Waals surface area contributed by atoms with Crippen molar-refractivity contribution in [1.29, 1.82) is 0 Å². The number of rotatable bonds is 8. The molecule has 0 saturated heterocycles. The van der Waals surface area contributed by atoms with Gasteiger partial charge >= 0.3 is 12.0 Å². The molecular formula is C23H32ClN3O5. The molecule has 4 N–H and O–H groups in total. The summed E-state index contributed by atoms with van der Waals surface area (Å²) in [6.07, 6.45) is 5.19. The van der Waals surface area contributed by atoms with Crippen LogP contribution in [0.2, 0.25) is 5.02 Å². The number of amides is 2. The molecule has 1 aliphatic carbocycles. The monoisotopic (exact) mass is 465 g/mol. The van der Waals surface area contributed by atoms with E-state index in [0.717, 1.165) is 12.8 Å². The third-order valence-corrected chi connectivity index (χ3v) is 6.36. The van der Waals surface area contributed by atoms with Crippen LogP contribution in [0.15, 0.2) is 23.2 Å². The minimum Gasteiger partial charge on any atom is -0.424 e. The van der Waals surface area contributed by atoms with Crippen molar-refractivity contribution in [2.45, 2.75) is 70.7 Å². The maximum atomic E-state index is 12.2. The predicted molar refractivity (Wildman–Crippen MR) is 122 cm³/mol. The minimum absolute atomic E-state index is 0.176. The van der Waals surface area contributed by atoms with Crippen molar-refractivity contribution in [2.75, 3.05) is 6.61 Å². The SMILES string of the molecule is CCC1=NC(=O)NC(c2ccc(OC(=O)C(C)N)c(Cl)c2)C1C(O)OCC1CCCCC1. The molecule has 0 spiro atoms. The van der Waals surface area contributed by atoms with E-state index in [1.165, 1.54) is 26.2 Å². The molecule has 1 heterocycles. The second-order valence-corrected chi connectivity index (χ2v) is 8.94. The number of nitrogens with zero attached hydrogens (tertiary/aromatic N) is 1. The van der Waals surface area contributed by atoms with Gasteiger partial charge in [0.05, 0.1) is 23.6 Å². The zero-order valence-electron chi connectivity index (χ0n) is 18.6. The first-order chi connectivity index (χ1) is 15.3. The van der Waals surface area contributed by atoms with Gasteiger partial charge in [0.25, 0.3) is 0 Å². The molecule has 1 fully saturated rings. The second kappa shape index (κ2) is 11.2. The van der Waals surface area contributed by atoms with Crippen LogP contribution in [0.1, 0.15) is 64.0 Å². The van der Waals surface area contributed by atoms with Gasteiger partial charge in [-0.05, 0) is 49.8 Å². The van der Waals surface area contributed by atoms with Crippen LogP contribution >= 0.6 is 11.6 Å². The van der Waals surface area contributed by atoms with E-state index in [-0.39, 0.29) is 10.8 Å². The molecule has 1 aliphatic heterocycles. The molecule has 2 aliphatic rings. The molecule has 1 aromatic rings. The number of aliphatic hydroxyl groups excluding tert-OH is 1. The summed E-state index contributed by atoms with van der Waals surface area (Å²) >= 11 is 6.34. The molecule has 0 radical (unpaired) electrons. The van der Waals surface area contributed by atoms with E-state index in [1.807, 2.05) is 6.92 Å². The smallest absolute Gasteiger partial charge is 0.341 e. The molecule has 4 atom stereocenters. The standard InChI is InChI=1S/C23H32ClN3O5/c1-3-17-19(22(29)31-12-14-7-5-4-6-8-14)20(27-23(30)26-17)15-9-10-18(16(24)11-15)32-21(28)13(2)25/h9-11,13-14,19-20,22,29H,3-8,12,25H2,1-2H3,(H,27,30). The first kappa shape index (κ1) is 24.6. The highest BCUT2D eigenvalue weighted by Gasteiger charge is 2.39. The maximum absolute atomic E-state index is 12.2. The number of halogens is 1. The van der Waals surface area contributed by atoms with E-state index in [2.05, 4.69) is 10.3 Å². The largest absolute Gasteiger partial charge is 0.424 e. The van der Waals surface area contributed by atoms with Crippen molar-refractivity contribution in [3.05, 3.63) is 28.8 Å². The number of esters is 1. The Morgan fingerprint density at radius 2 is 2.06 bits per heavy atom. The molecule has 4 unspecified atom stereocenters. The first-order valence-electron chi connectivity index (χ1n) is 11.2. The van der Waals surface area contributed by atoms with Gasteiger partial charge in [-0.25, -0.2) is 14.6 Å². The van der Waals surface area contributed by atoms with E-state index >= 15 is 0 Å². The number of hydrogen-bond acceptors (Lipinski definition) is 6. The van der Waals surface area contributed by atoms with Crippen LogP contribution in [-0.4, -0.2) is 41.8 Å². The van der Waals surface area contributed by atoms with Crippen molar-refractivity contribution < 1.29 is 24.2 Å². The summed E-state index contributed by atoms with van der Waals surface area (Å²) in [5.74, 6) is -0.550. The van der Waals surface area contributed by atoms with E-state index in [1.54, 1.807) is 18.2 Å². The molecule has 0 aromatic heterocycles. The summed E-state index contributed by atoms with van der Waals surface area (Å²) in [5.41, 5.74) is 6.76. The van der Waals surface area contributed by atoms with E-state index < -0.39 is 36.3 Å². The highest BCUT2D eigenvalue weighted by atomic mass is 35.5. The number of aliphatic imine (C=N–C) groups is 1. The Balaban J connectivity index is 1.80. The molecule has 0 bridgehead atoms. The van der Waals surface area contributed by atoms with Crippen LogP contribution in [-0.2, 0) is 9.53 Å². The van der Waals surface area contributed by atoms with Gasteiger partial charge in [-0.2, -0.15) is 0 Å². The lowest BCUT2D eigenvalue weighted by Gasteiger charge is -2.35. The van der Waals surface area contributed by atoms with Gasteiger partial charge in [0.1, 0.15) is 11.8 Å². The van der Waals surface area contributed by atoms with Crippen LogP contribution in [0.3, 0.4) is 0 Å². The lowest BCUT2D eigenvalue weighted by Crippen LogP contribution is -2.47. The van der Waals surface area contributed by atoms with Gasteiger partial charge in [0.2, 0.25) is 0 Å². The van der Waals surface area contributed by atoms with Gasteiger partial charge < -0.3 is 25.6 Å². The number of carbonyl (C=O) groups excluding carboxylic acids is 2. The quantitative estimate of drug-likeness (QED) is 0.305. The summed E-state index contributed by atoms with van der Waals surface area (Å²) < 4.78 is 11.1. The van der Waals surface area contributed by atoms with Crippen molar-refractivity contribution in [2.24, 2.45) is 22.6 Å². The van der Waals surface area contributed by atoms with Crippen LogP contribution in [0.4, 0.5) is 4.79 Å². The normalized spacial score (nSPS) is 23.8. The summed E-state index contributed by atoms with van der Waals surface area (Å²) in [5, 5.41) is 14.0. The van der Waals surface area contributed by atoms with Crippen molar-refractivity contribution in [3.8, 4) is 5.75 Å². The number of carbonyl (C=O) groups is 2. The molecule has 32 heavy (non-hydrogen) atoms. The zero-order valence-corrected chi connectivity index (χ0v) is 19.3. The fourth-order valence-corrected chi connectivity index (χ4v) is 4.50. The fourth-order valence-electron chi connectivity index (χ4n) is 4.27. The molecule has 1 saturated carbocycles. The Bertz CT molecular complexity index is 854.